The van der Waals surface area contributed by atoms with Gasteiger partial charge in [-0.1, -0.05) is 35.9 Å². The van der Waals surface area contributed by atoms with Crippen LogP contribution in [0.15, 0.2) is 66.7 Å². The Kier molecular flexibility index (Phi) is 8.46. The first-order valence-electron chi connectivity index (χ1n) is 11.6. The number of carbonyl (C=O) groups is 1. The summed E-state index contributed by atoms with van der Waals surface area (Å²) in [6.45, 7) is 2.33. The Bertz CT molecular complexity index is 1190. The summed E-state index contributed by atoms with van der Waals surface area (Å²) < 4.78 is 71.7. The van der Waals surface area contributed by atoms with Crippen LogP contribution in [0.3, 0.4) is 0 Å². The van der Waals surface area contributed by atoms with E-state index in [1.807, 2.05) is 12.1 Å². The van der Waals surface area contributed by atoms with Crippen molar-refractivity contribution in [3.05, 3.63) is 106 Å². The highest BCUT2D eigenvalue weighted by molar-refractivity contribution is 6.30. The lowest BCUT2D eigenvalue weighted by Crippen LogP contribution is -2.49. The molecule has 0 bridgehead atoms. The van der Waals surface area contributed by atoms with Crippen LogP contribution in [0, 0.1) is 11.6 Å². The van der Waals surface area contributed by atoms with Crippen molar-refractivity contribution in [2.45, 2.75) is 18.9 Å². The maximum atomic E-state index is 13.5. The van der Waals surface area contributed by atoms with Gasteiger partial charge in [0.1, 0.15) is 11.6 Å². The number of carbonyl (C=O) groups excluding carboxylic acids is 1. The van der Waals surface area contributed by atoms with E-state index >= 15 is 0 Å². The number of nitrogens with zero attached hydrogens (tertiary/aromatic N) is 2. The zero-order valence-corrected chi connectivity index (χ0v) is 20.4. The molecular formula is C27H24ClF5N2O2. The van der Waals surface area contributed by atoms with Gasteiger partial charge in [-0.15, -0.1) is 0 Å². The molecule has 196 valence electrons. The topological polar surface area (TPSA) is 32.8 Å². The summed E-state index contributed by atoms with van der Waals surface area (Å²) in [5, 5.41) is 0.561. The lowest BCUT2D eigenvalue weighted by Gasteiger charge is -2.36. The Labute approximate surface area is 216 Å². The van der Waals surface area contributed by atoms with E-state index in [0.29, 0.717) is 43.3 Å². The Hall–Kier alpha value is -3.01. The van der Waals surface area contributed by atoms with Crippen molar-refractivity contribution in [1.29, 1.82) is 0 Å². The summed E-state index contributed by atoms with van der Waals surface area (Å²) in [5.74, 6) is -2.05. The summed E-state index contributed by atoms with van der Waals surface area (Å²) in [7, 11) is 0. The first-order valence-corrected chi connectivity index (χ1v) is 12.0. The van der Waals surface area contributed by atoms with Gasteiger partial charge in [-0.2, -0.15) is 13.2 Å². The van der Waals surface area contributed by atoms with Gasteiger partial charge >= 0.3 is 6.18 Å². The van der Waals surface area contributed by atoms with Crippen LogP contribution in [0.25, 0.3) is 0 Å². The SMILES string of the molecule is O=C(c1cc(F)cc(F)c1)N1CCN(C[C@@H](OCc2ccc(C(F)(F)F)cc2)c2ccc(Cl)cc2)CC1. The number of ether oxygens (including phenoxy) is 1. The fourth-order valence-corrected chi connectivity index (χ4v) is 4.27. The average Bonchev–Trinajstić information content (AvgIpc) is 2.86. The van der Waals surface area contributed by atoms with Crippen molar-refractivity contribution in [2.75, 3.05) is 32.7 Å². The molecule has 3 aromatic rings. The van der Waals surface area contributed by atoms with E-state index in [-0.39, 0.29) is 12.2 Å². The van der Waals surface area contributed by atoms with Crippen LogP contribution in [0.1, 0.15) is 33.2 Å². The van der Waals surface area contributed by atoms with E-state index in [0.717, 1.165) is 35.9 Å². The van der Waals surface area contributed by atoms with Gasteiger partial charge in [-0.05, 0) is 47.5 Å². The molecule has 10 heteroatoms. The first-order chi connectivity index (χ1) is 17.6. The second-order valence-electron chi connectivity index (χ2n) is 8.80. The van der Waals surface area contributed by atoms with Gasteiger partial charge in [0.25, 0.3) is 5.91 Å². The molecule has 1 aliphatic rings. The predicted octanol–water partition coefficient (Wildman–Crippen LogP) is 6.35. The molecule has 4 nitrogen and oxygen atoms in total. The van der Waals surface area contributed by atoms with Crippen LogP contribution in [-0.2, 0) is 17.5 Å². The molecular weight excluding hydrogens is 515 g/mol. The van der Waals surface area contributed by atoms with Crippen LogP contribution < -0.4 is 0 Å². The Morgan fingerprint density at radius 2 is 1.49 bits per heavy atom. The second-order valence-corrected chi connectivity index (χ2v) is 9.23. The number of alkyl halides is 3. The molecule has 37 heavy (non-hydrogen) atoms. The second kappa shape index (κ2) is 11.6. The normalized spacial score (nSPS) is 15.6. The molecule has 1 fully saturated rings. The standard InChI is InChI=1S/C27H24ClF5N2O2/c28-22-7-3-19(4-8-22)25(37-17-18-1-5-21(6-2-18)27(31,32)33)16-34-9-11-35(12-10-34)26(36)20-13-23(29)15-24(30)14-20/h1-8,13-15,25H,9-12,16-17H2/t25-/m1/s1. The minimum absolute atomic E-state index is 0.0372. The summed E-state index contributed by atoms with van der Waals surface area (Å²) in [6.07, 6.45) is -4.81. The average molecular weight is 539 g/mol. The zero-order chi connectivity index (χ0) is 26.6. The fraction of sp³-hybridized carbons (Fsp3) is 0.296. The summed E-state index contributed by atoms with van der Waals surface area (Å²) >= 11 is 6.02. The first kappa shape index (κ1) is 27.0. The molecule has 1 saturated heterocycles. The maximum absolute atomic E-state index is 13.5. The lowest BCUT2D eigenvalue weighted by molar-refractivity contribution is -0.137. The van der Waals surface area contributed by atoms with Gasteiger partial charge in [0.05, 0.1) is 18.3 Å². The molecule has 4 rings (SSSR count). The molecule has 1 heterocycles. The minimum atomic E-state index is -4.41. The lowest BCUT2D eigenvalue weighted by atomic mass is 10.1. The molecule has 3 aromatic carbocycles. The monoisotopic (exact) mass is 538 g/mol. The minimum Gasteiger partial charge on any atom is -0.368 e. The predicted molar refractivity (Wildman–Crippen MR) is 129 cm³/mol. The number of benzene rings is 3. The van der Waals surface area contributed by atoms with Crippen molar-refractivity contribution >= 4 is 17.5 Å². The third kappa shape index (κ3) is 7.28. The van der Waals surface area contributed by atoms with E-state index in [9.17, 15) is 26.7 Å². The van der Waals surface area contributed by atoms with Crippen LogP contribution in [0.2, 0.25) is 5.02 Å². The molecule has 1 aliphatic heterocycles. The van der Waals surface area contributed by atoms with Crippen LogP contribution >= 0.6 is 11.6 Å². The zero-order valence-electron chi connectivity index (χ0n) is 19.6. The summed E-state index contributed by atoms with van der Waals surface area (Å²) in [4.78, 5) is 16.3. The molecule has 0 aromatic heterocycles. The number of halogens is 6. The summed E-state index contributed by atoms with van der Waals surface area (Å²) in [5.41, 5.74) is 0.693. The van der Waals surface area contributed by atoms with Crippen molar-refractivity contribution < 1.29 is 31.5 Å². The van der Waals surface area contributed by atoms with E-state index in [4.69, 9.17) is 16.3 Å². The maximum Gasteiger partial charge on any atom is 0.416 e. The van der Waals surface area contributed by atoms with Gasteiger partial charge in [0, 0.05) is 49.4 Å². The molecule has 0 spiro atoms. The van der Waals surface area contributed by atoms with E-state index in [1.54, 1.807) is 17.0 Å². The van der Waals surface area contributed by atoms with Gasteiger partial charge in [0.15, 0.2) is 0 Å². The van der Waals surface area contributed by atoms with Crippen LogP contribution in [0.5, 0.6) is 0 Å². The quantitative estimate of drug-likeness (QED) is 0.329. The molecule has 0 N–H and O–H groups in total. The molecule has 1 amide bonds. The molecule has 0 aliphatic carbocycles. The van der Waals surface area contributed by atoms with Crippen molar-refractivity contribution in [2.24, 2.45) is 0 Å². The molecule has 0 unspecified atom stereocenters. The highest BCUT2D eigenvalue weighted by Gasteiger charge is 2.30. The largest absolute Gasteiger partial charge is 0.416 e. The summed E-state index contributed by atoms with van der Waals surface area (Å²) in [6, 6.07) is 14.7. The van der Waals surface area contributed by atoms with Gasteiger partial charge in [-0.25, -0.2) is 8.78 Å². The van der Waals surface area contributed by atoms with Crippen LogP contribution in [-0.4, -0.2) is 48.4 Å². The van der Waals surface area contributed by atoms with Gasteiger partial charge < -0.3 is 9.64 Å². The molecule has 1 atom stereocenters. The van der Waals surface area contributed by atoms with Crippen molar-refractivity contribution in [1.82, 2.24) is 9.80 Å². The Morgan fingerprint density at radius 1 is 0.892 bits per heavy atom. The molecule has 0 saturated carbocycles. The number of piperazine rings is 1. The van der Waals surface area contributed by atoms with Crippen LogP contribution in [0.4, 0.5) is 22.0 Å². The number of hydrogen-bond acceptors (Lipinski definition) is 3. The third-order valence-corrected chi connectivity index (χ3v) is 6.42. The van der Waals surface area contributed by atoms with Crippen molar-refractivity contribution in [3.8, 4) is 0 Å². The number of hydrogen-bond donors (Lipinski definition) is 0. The van der Waals surface area contributed by atoms with Gasteiger partial charge in [0.2, 0.25) is 0 Å². The van der Waals surface area contributed by atoms with E-state index in [1.165, 1.54) is 12.1 Å². The van der Waals surface area contributed by atoms with Gasteiger partial charge in [-0.3, -0.25) is 9.69 Å². The van der Waals surface area contributed by atoms with E-state index in [2.05, 4.69) is 4.90 Å². The Morgan fingerprint density at radius 3 is 2.05 bits per heavy atom. The smallest absolute Gasteiger partial charge is 0.368 e. The highest BCUT2D eigenvalue weighted by Crippen LogP contribution is 2.30. The molecule has 0 radical (unpaired) electrons. The Balaban J connectivity index is 1.39. The third-order valence-electron chi connectivity index (χ3n) is 6.17. The fourth-order valence-electron chi connectivity index (χ4n) is 4.15. The number of amides is 1. The number of rotatable bonds is 7. The van der Waals surface area contributed by atoms with E-state index < -0.39 is 35.4 Å². The van der Waals surface area contributed by atoms with Crippen molar-refractivity contribution in [3.63, 3.8) is 0 Å². The highest BCUT2D eigenvalue weighted by atomic mass is 35.5.